The Hall–Kier alpha value is -4.67. The van der Waals surface area contributed by atoms with E-state index in [1.165, 1.54) is 22.3 Å². The highest BCUT2D eigenvalue weighted by molar-refractivity contribution is 6.17. The number of benzene rings is 2. The maximum absolute atomic E-state index is 12.4. The molecule has 0 aromatic heterocycles. The topological polar surface area (TPSA) is 178 Å². The van der Waals surface area contributed by atoms with Crippen molar-refractivity contribution in [2.45, 2.75) is 118 Å². The van der Waals surface area contributed by atoms with Crippen molar-refractivity contribution >= 4 is 35.9 Å². The maximum atomic E-state index is 12.4. The van der Waals surface area contributed by atoms with E-state index in [0.717, 1.165) is 75.5 Å². The molecular formula is C50H75ClN2O14. The average molecular weight is 964 g/mol. The Balaban J connectivity index is 0.000000263. The summed E-state index contributed by atoms with van der Waals surface area (Å²) in [6, 6.07) is 8.35. The van der Waals surface area contributed by atoms with Crippen LogP contribution in [0.3, 0.4) is 0 Å². The molecule has 6 rings (SSSR count). The van der Waals surface area contributed by atoms with Gasteiger partial charge in [-0.25, -0.2) is 9.59 Å². The molecule has 0 radical (unpaired) electrons. The van der Waals surface area contributed by atoms with Gasteiger partial charge in [-0.05, 0) is 84.0 Å². The van der Waals surface area contributed by atoms with E-state index in [0.29, 0.717) is 24.0 Å². The SMILES string of the molecule is CC(C)C(=O)O.COc1cc2c(cc1OC)[C@H]1C[C@@H](OC(=O)OCCl)[C@H](CC(C)C)CN1CC2.COc1cc2c(cc1OC)[C@H]1C[C@@H](OC(=O)OCOC(=O)C(C)C)[C@H](CC(C)C)CN1CC2. The number of hydrogen-bond donors (Lipinski definition) is 1. The molecule has 4 heterocycles. The quantitative estimate of drug-likeness (QED) is 0.0772. The Morgan fingerprint density at radius 1 is 0.612 bits per heavy atom. The van der Waals surface area contributed by atoms with E-state index in [1.807, 2.05) is 0 Å². The van der Waals surface area contributed by atoms with Gasteiger partial charge in [-0.3, -0.25) is 19.4 Å². The van der Waals surface area contributed by atoms with Crippen LogP contribution in [-0.4, -0.2) is 119 Å². The number of nitrogens with zero attached hydrogens (tertiary/aromatic N) is 2. The highest BCUT2D eigenvalue weighted by Gasteiger charge is 2.43. The lowest BCUT2D eigenvalue weighted by Crippen LogP contribution is -2.49. The van der Waals surface area contributed by atoms with E-state index in [-0.39, 0.29) is 54.0 Å². The van der Waals surface area contributed by atoms with Crippen LogP contribution in [0, 0.1) is 35.5 Å². The molecule has 376 valence electrons. The summed E-state index contributed by atoms with van der Waals surface area (Å²) >= 11 is 5.52. The number of aliphatic carboxylic acids is 1. The van der Waals surface area contributed by atoms with Crippen molar-refractivity contribution in [3.63, 3.8) is 0 Å². The third-order valence-electron chi connectivity index (χ3n) is 12.7. The molecule has 4 aliphatic heterocycles. The summed E-state index contributed by atoms with van der Waals surface area (Å²) in [7, 11) is 6.59. The lowest BCUT2D eigenvalue weighted by molar-refractivity contribution is -0.158. The fraction of sp³-hybridized carbons (Fsp3) is 0.680. The molecule has 1 N–H and O–H groups in total. The first-order chi connectivity index (χ1) is 31.8. The van der Waals surface area contributed by atoms with Gasteiger partial charge in [0.05, 0.1) is 40.3 Å². The number of ether oxygens (including phenoxy) is 9. The van der Waals surface area contributed by atoms with Crippen LogP contribution in [0.5, 0.6) is 23.0 Å². The summed E-state index contributed by atoms with van der Waals surface area (Å²) in [4.78, 5) is 50.6. The average Bonchev–Trinajstić information content (AvgIpc) is 3.28. The number of carbonyl (C=O) groups is 4. The van der Waals surface area contributed by atoms with Crippen molar-refractivity contribution in [2.24, 2.45) is 35.5 Å². The molecule has 2 saturated heterocycles. The minimum absolute atomic E-state index is 0.119. The largest absolute Gasteiger partial charge is 0.511 e. The molecule has 0 saturated carbocycles. The second kappa shape index (κ2) is 26.2. The molecule has 0 unspecified atom stereocenters. The smallest absolute Gasteiger partial charge is 0.493 e. The zero-order chi connectivity index (χ0) is 49.5. The Morgan fingerprint density at radius 2 is 1.00 bits per heavy atom. The first kappa shape index (κ1) is 54.9. The third kappa shape index (κ3) is 15.4. The van der Waals surface area contributed by atoms with Crippen LogP contribution in [0.25, 0.3) is 0 Å². The minimum Gasteiger partial charge on any atom is -0.493 e. The first-order valence-electron chi connectivity index (χ1n) is 23.4. The molecule has 16 nitrogen and oxygen atoms in total. The van der Waals surface area contributed by atoms with Gasteiger partial charge >= 0.3 is 24.2 Å². The van der Waals surface area contributed by atoms with Gasteiger partial charge in [0, 0.05) is 62.9 Å². The minimum atomic E-state index is -0.804. The molecule has 67 heavy (non-hydrogen) atoms. The van der Waals surface area contributed by atoms with E-state index in [1.54, 1.807) is 56.1 Å². The second-order valence-corrected chi connectivity index (χ2v) is 19.2. The molecule has 4 aliphatic rings. The summed E-state index contributed by atoms with van der Waals surface area (Å²) < 4.78 is 48.3. The van der Waals surface area contributed by atoms with Gasteiger partial charge in [-0.2, -0.15) is 0 Å². The second-order valence-electron chi connectivity index (χ2n) is 19.0. The molecule has 0 spiro atoms. The summed E-state index contributed by atoms with van der Waals surface area (Å²) in [5, 5.41) is 7.99. The number of methoxy groups -OCH3 is 4. The van der Waals surface area contributed by atoms with Gasteiger partial charge in [-0.15, -0.1) is 0 Å². The predicted octanol–water partition coefficient (Wildman–Crippen LogP) is 9.46. The number of rotatable bonds is 15. The van der Waals surface area contributed by atoms with Crippen molar-refractivity contribution in [3.05, 3.63) is 46.5 Å². The molecule has 2 fully saturated rings. The van der Waals surface area contributed by atoms with Gasteiger partial charge in [0.15, 0.2) is 29.1 Å². The number of esters is 1. The number of halogens is 1. The molecular weight excluding hydrogens is 888 g/mol. The highest BCUT2D eigenvalue weighted by atomic mass is 35.5. The number of piperidine rings is 2. The lowest BCUT2D eigenvalue weighted by Gasteiger charge is -2.47. The highest BCUT2D eigenvalue weighted by Crippen LogP contribution is 2.46. The summed E-state index contributed by atoms with van der Waals surface area (Å²) in [6.45, 7) is 18.7. The predicted molar refractivity (Wildman–Crippen MR) is 252 cm³/mol. The van der Waals surface area contributed by atoms with E-state index in [4.69, 9.17) is 59.3 Å². The fourth-order valence-electron chi connectivity index (χ4n) is 9.43. The van der Waals surface area contributed by atoms with Crippen LogP contribution in [0.2, 0.25) is 0 Å². The number of carboxylic acid groups (broad SMARTS) is 1. The van der Waals surface area contributed by atoms with Crippen molar-refractivity contribution in [1.82, 2.24) is 9.80 Å². The van der Waals surface area contributed by atoms with Gasteiger partial charge < -0.3 is 47.7 Å². The zero-order valence-electron chi connectivity index (χ0n) is 41.6. The number of carbonyl (C=O) groups excluding carboxylic acids is 3. The number of fused-ring (bicyclic) bond motifs is 6. The first-order valence-corrected chi connectivity index (χ1v) is 24.0. The van der Waals surface area contributed by atoms with Crippen molar-refractivity contribution in [2.75, 3.05) is 67.5 Å². The van der Waals surface area contributed by atoms with Crippen LogP contribution < -0.4 is 18.9 Å². The normalized spacial score (nSPS) is 22.0. The number of hydrogen-bond acceptors (Lipinski definition) is 15. The van der Waals surface area contributed by atoms with Gasteiger partial charge in [0.2, 0.25) is 6.79 Å². The van der Waals surface area contributed by atoms with Crippen molar-refractivity contribution in [1.29, 1.82) is 0 Å². The standard InChI is InChI=1S/C25H37NO7.C21H30ClNO5.C4H8O2/c1-15(2)9-18-13-26-8-7-17-10-22(29-5)23(30-6)11-19(17)20(26)12-21(18)33-25(28)32-14-31-24(27)16(3)4;1-13(2)7-15-11-23-6-5-14-8-19(25-3)20(26-4)9-16(14)17(23)10-18(15)28-21(24)27-12-22;1-3(2)4(5)6/h10-11,15-16,18,20-21H,7-9,12-14H2,1-6H3;8-9,13,15,17-18H,5-7,10-12H2,1-4H3;3H,1-2H3,(H,5,6)/t18-,20-,21-;15-,17-,18-;/m11./s1. The fourth-order valence-corrected chi connectivity index (χ4v) is 9.52. The van der Waals surface area contributed by atoms with E-state index in [9.17, 15) is 19.2 Å². The maximum Gasteiger partial charge on any atom is 0.511 e. The van der Waals surface area contributed by atoms with E-state index in [2.05, 4.69) is 61.8 Å². The molecule has 6 atom stereocenters. The summed E-state index contributed by atoms with van der Waals surface area (Å²) in [6.07, 6.45) is 3.28. The molecule has 17 heteroatoms. The Bertz CT molecular complexity index is 1940. The van der Waals surface area contributed by atoms with Crippen molar-refractivity contribution < 1.29 is 66.9 Å². The molecule has 0 amide bonds. The van der Waals surface area contributed by atoms with Crippen LogP contribution in [0.15, 0.2) is 24.3 Å². The molecule has 2 aromatic rings. The molecule has 2 aromatic carbocycles. The van der Waals surface area contributed by atoms with Gasteiger partial charge in [0.25, 0.3) is 0 Å². The summed E-state index contributed by atoms with van der Waals surface area (Å²) in [5.41, 5.74) is 4.92. The molecule has 0 aliphatic carbocycles. The Kier molecular flexibility index (Phi) is 21.5. The number of alkyl halides is 1. The monoisotopic (exact) mass is 962 g/mol. The molecule has 0 bridgehead atoms. The van der Waals surface area contributed by atoms with Crippen LogP contribution in [0.4, 0.5) is 9.59 Å². The van der Waals surface area contributed by atoms with Gasteiger partial charge in [0.1, 0.15) is 12.2 Å². The zero-order valence-corrected chi connectivity index (χ0v) is 42.4. The van der Waals surface area contributed by atoms with E-state index >= 15 is 0 Å². The third-order valence-corrected chi connectivity index (χ3v) is 12.8. The van der Waals surface area contributed by atoms with E-state index < -0.39 is 31.0 Å². The van der Waals surface area contributed by atoms with Crippen LogP contribution in [-0.2, 0) is 46.1 Å². The number of carboxylic acids is 1. The van der Waals surface area contributed by atoms with Crippen molar-refractivity contribution in [3.8, 4) is 23.0 Å². The lowest BCUT2D eigenvalue weighted by atomic mass is 9.79. The van der Waals surface area contributed by atoms with Crippen LogP contribution >= 0.6 is 11.6 Å². The Morgan fingerprint density at radius 3 is 1.34 bits per heavy atom. The summed E-state index contributed by atoms with van der Waals surface area (Å²) in [5.74, 6) is 2.71. The van der Waals surface area contributed by atoms with Crippen LogP contribution in [0.1, 0.15) is 115 Å². The van der Waals surface area contributed by atoms with Gasteiger partial charge in [-0.1, -0.05) is 67.0 Å². The Labute approximate surface area is 402 Å².